The Bertz CT molecular complexity index is 683. The van der Waals surface area contributed by atoms with Crippen molar-refractivity contribution >= 4 is 47.8 Å². The summed E-state index contributed by atoms with van der Waals surface area (Å²) in [7, 11) is -1.00. The maximum atomic E-state index is 9.96. The first-order valence-electron chi connectivity index (χ1n) is 13.3. The zero-order chi connectivity index (χ0) is 27.3. The topological polar surface area (TPSA) is 29.5 Å². The minimum absolute atomic E-state index is 0. The van der Waals surface area contributed by atoms with Gasteiger partial charge in [0.05, 0.1) is 8.52 Å². The molecule has 0 unspecified atom stereocenters. The van der Waals surface area contributed by atoms with Crippen molar-refractivity contribution in [2.75, 3.05) is 32.3 Å². The number of aliphatic hydroxyl groups is 1. The summed E-state index contributed by atoms with van der Waals surface area (Å²) in [5.74, 6) is 0. The first-order valence-corrected chi connectivity index (χ1v) is 15.3. The fourth-order valence-electron chi connectivity index (χ4n) is 2.76. The second-order valence-corrected chi connectivity index (χ2v) is 10.5. The summed E-state index contributed by atoms with van der Waals surface area (Å²) < 4.78 is 23.3. The van der Waals surface area contributed by atoms with Gasteiger partial charge >= 0.3 is 29.6 Å². The van der Waals surface area contributed by atoms with Crippen LogP contribution >= 0.6 is 47.8 Å². The Morgan fingerprint density at radius 2 is 1.19 bits per heavy atom. The predicted octanol–water partition coefficient (Wildman–Crippen LogP) is 7.24. The molecule has 204 valence electrons. The molecule has 0 aromatic heterocycles. The van der Waals surface area contributed by atoms with Crippen LogP contribution in [-0.2, 0) is 17.6 Å². The summed E-state index contributed by atoms with van der Waals surface area (Å²) in [6, 6.07) is 16.9. The van der Waals surface area contributed by atoms with Crippen LogP contribution in [0.5, 0.6) is 0 Å². The zero-order valence-electron chi connectivity index (χ0n) is 24.6. The zero-order valence-corrected chi connectivity index (χ0v) is 29.4. The van der Waals surface area contributed by atoms with E-state index in [0.29, 0.717) is 6.61 Å². The molecule has 2 aromatic rings. The van der Waals surface area contributed by atoms with Gasteiger partial charge in [-0.2, -0.15) is 0 Å². The van der Waals surface area contributed by atoms with Crippen molar-refractivity contribution in [2.45, 2.75) is 78.1 Å². The third kappa shape index (κ3) is 29.3. The predicted molar refractivity (Wildman–Crippen MR) is 164 cm³/mol. The third-order valence-electron chi connectivity index (χ3n) is 4.83. The van der Waals surface area contributed by atoms with Crippen molar-refractivity contribution in [3.8, 4) is 0 Å². The molecule has 2 rings (SSSR count). The first-order chi connectivity index (χ1) is 17.5. The summed E-state index contributed by atoms with van der Waals surface area (Å²) in [5, 5.41) is 9.74. The molecule has 0 spiro atoms. The van der Waals surface area contributed by atoms with Crippen LogP contribution in [0.15, 0.2) is 57.5 Å². The molecule has 36 heavy (non-hydrogen) atoms. The van der Waals surface area contributed by atoms with Crippen LogP contribution in [-0.4, -0.2) is 37.4 Å². The molecule has 2 aromatic carbocycles. The molecule has 0 atom stereocenters. The maximum Gasteiger partial charge on any atom is 1.00 e. The van der Waals surface area contributed by atoms with Crippen molar-refractivity contribution in [1.29, 1.82) is 0 Å². The number of hydrogen-bond donors (Lipinski definition) is 1. The van der Waals surface area contributed by atoms with Gasteiger partial charge in [0, 0.05) is 34.1 Å². The standard InChI is InChI=1S/C14H21BrO.C10H13BrO.C4H9Br.CH3F.Na.H/c1-2-3-11-16-12-5-4-6-13-7-9-14(15)10-8-13;11-10-6-4-9(5-7-10)3-1-2-8-12;1-2-3-4-5;1-2;;/h7-10H,2-6,11-12H2,1H3;4-7,12H,1-3,8H2;2-4H2,1H3;1H3;;/q;;;;+1;-1/i;;;1D;;. The number of benzene rings is 2. The molecule has 1 N–H and O–H groups in total. The average Bonchev–Trinajstić information content (AvgIpc) is 2.88. The summed E-state index contributed by atoms with van der Waals surface area (Å²) in [5.41, 5.74) is 2.75. The molecule has 0 radical (unpaired) electrons. The molecule has 0 saturated carbocycles. The Kier molecular flexibility index (Phi) is 36.5. The van der Waals surface area contributed by atoms with Crippen LogP contribution in [0.4, 0.5) is 4.39 Å². The van der Waals surface area contributed by atoms with Crippen LogP contribution < -0.4 is 29.6 Å². The van der Waals surface area contributed by atoms with Crippen molar-refractivity contribution in [3.05, 3.63) is 68.6 Å². The van der Waals surface area contributed by atoms with Crippen LogP contribution in [0.2, 0.25) is 0 Å². The van der Waals surface area contributed by atoms with E-state index in [1.165, 1.54) is 49.7 Å². The number of hydrogen-bond acceptors (Lipinski definition) is 2. The number of ether oxygens (including phenoxy) is 1. The fourth-order valence-corrected chi connectivity index (χ4v) is 3.85. The van der Waals surface area contributed by atoms with E-state index in [1.807, 2.05) is 12.1 Å². The van der Waals surface area contributed by atoms with Crippen molar-refractivity contribution in [2.24, 2.45) is 0 Å². The Morgan fingerprint density at radius 1 is 0.778 bits per heavy atom. The van der Waals surface area contributed by atoms with E-state index in [2.05, 4.69) is 98.0 Å². The molecule has 0 heterocycles. The van der Waals surface area contributed by atoms with Crippen molar-refractivity contribution in [1.82, 2.24) is 0 Å². The molecule has 0 saturated heterocycles. The van der Waals surface area contributed by atoms with E-state index < -0.39 is 7.15 Å². The molecule has 0 aliphatic heterocycles. The van der Waals surface area contributed by atoms with E-state index in [9.17, 15) is 4.39 Å². The monoisotopic (exact) mass is 707 g/mol. The van der Waals surface area contributed by atoms with Gasteiger partial charge < -0.3 is 11.3 Å². The van der Waals surface area contributed by atoms with Gasteiger partial charge in [0.1, 0.15) is 0 Å². The van der Waals surface area contributed by atoms with Crippen LogP contribution in [0, 0.1) is 0 Å². The molecule has 0 amide bonds. The molecular formula is C29H47Br3FNaO2. The Balaban J connectivity index is -0.000000232. The smallest absolute Gasteiger partial charge is 1.00 e. The average molecular weight is 710 g/mol. The minimum atomic E-state index is -1.00. The van der Waals surface area contributed by atoms with Gasteiger partial charge in [0.2, 0.25) is 0 Å². The van der Waals surface area contributed by atoms with Crippen LogP contribution in [0.25, 0.3) is 0 Å². The van der Waals surface area contributed by atoms with Crippen LogP contribution in [0.3, 0.4) is 0 Å². The summed E-state index contributed by atoms with van der Waals surface area (Å²) in [6.07, 6.45) is 11.6. The molecule has 0 fully saturated rings. The van der Waals surface area contributed by atoms with Gasteiger partial charge in [-0.25, -0.2) is 0 Å². The van der Waals surface area contributed by atoms with Gasteiger partial charge in [-0.3, -0.25) is 4.39 Å². The Morgan fingerprint density at radius 3 is 1.56 bits per heavy atom. The van der Waals surface area contributed by atoms with Crippen molar-refractivity contribution in [3.63, 3.8) is 0 Å². The number of halogens is 4. The van der Waals surface area contributed by atoms with Gasteiger partial charge in [-0.15, -0.1) is 0 Å². The van der Waals surface area contributed by atoms with Gasteiger partial charge in [-0.05, 0) is 86.8 Å². The minimum Gasteiger partial charge on any atom is -1.00 e. The summed E-state index contributed by atoms with van der Waals surface area (Å²) >= 11 is 10.1. The molecule has 2 nitrogen and oxygen atoms in total. The largest absolute Gasteiger partial charge is 1.00 e. The quantitative estimate of drug-likeness (QED) is 0.127. The number of alkyl halides is 2. The molecular weight excluding hydrogens is 662 g/mol. The first kappa shape index (κ1) is 38.9. The van der Waals surface area contributed by atoms with E-state index in [0.717, 1.165) is 53.2 Å². The normalized spacial score (nSPS) is 9.81. The van der Waals surface area contributed by atoms with E-state index >= 15 is 0 Å². The van der Waals surface area contributed by atoms with Gasteiger partial charge in [-0.1, -0.05) is 98.7 Å². The second-order valence-electron chi connectivity index (χ2n) is 7.90. The molecule has 0 bridgehead atoms. The van der Waals surface area contributed by atoms with Gasteiger partial charge in [0.25, 0.3) is 0 Å². The molecule has 7 heteroatoms. The SMILES string of the molecule is CCCCBr.CCCCOCCCCc1ccc(Br)cc1.OCCCCc1ccc(Br)cc1.[2H]CF.[H-].[Na+]. The Hall–Kier alpha value is 0.730. The van der Waals surface area contributed by atoms with E-state index in [4.69, 9.17) is 11.2 Å². The number of rotatable bonds is 14. The van der Waals surface area contributed by atoms with Gasteiger partial charge in [0.15, 0.2) is 0 Å². The second kappa shape index (κ2) is 33.8. The third-order valence-corrected chi connectivity index (χ3v) is 6.45. The maximum absolute atomic E-state index is 9.96. The number of aryl methyl sites for hydroxylation is 2. The molecule has 0 aliphatic rings. The Labute approximate surface area is 271 Å². The van der Waals surface area contributed by atoms with E-state index in [-0.39, 0.29) is 31.0 Å². The summed E-state index contributed by atoms with van der Waals surface area (Å²) in [4.78, 5) is 0. The summed E-state index contributed by atoms with van der Waals surface area (Å²) in [6.45, 7) is 6.51. The van der Waals surface area contributed by atoms with E-state index in [1.54, 1.807) is 0 Å². The fraction of sp³-hybridized carbons (Fsp3) is 0.586. The van der Waals surface area contributed by atoms with Crippen molar-refractivity contribution < 1.29 is 46.6 Å². The molecule has 0 aliphatic carbocycles. The van der Waals surface area contributed by atoms with Crippen LogP contribution in [0.1, 0.15) is 79.1 Å². The number of unbranched alkanes of at least 4 members (excludes halogenated alkanes) is 4. The number of aliphatic hydroxyl groups excluding tert-OH is 1.